The molecule has 0 radical (unpaired) electrons. The second-order valence-corrected chi connectivity index (χ2v) is 7.22. The molecule has 146 valence electrons. The van der Waals surface area contributed by atoms with Crippen molar-refractivity contribution in [2.45, 2.75) is 13.0 Å². The fraction of sp³-hybridized carbons (Fsp3) is 0.100. The third-order valence-electron chi connectivity index (χ3n) is 4.54. The molecule has 3 aromatic rings. The van der Waals surface area contributed by atoms with Crippen LogP contribution in [0.15, 0.2) is 47.8 Å². The van der Waals surface area contributed by atoms with Crippen LogP contribution >= 0.6 is 11.3 Å². The molecule has 29 heavy (non-hydrogen) atoms. The van der Waals surface area contributed by atoms with E-state index in [0.29, 0.717) is 11.3 Å². The van der Waals surface area contributed by atoms with E-state index in [1.807, 2.05) is 0 Å². The molecule has 1 aliphatic rings. The van der Waals surface area contributed by atoms with Crippen molar-refractivity contribution in [3.63, 3.8) is 0 Å². The Labute approximate surface area is 167 Å². The first-order chi connectivity index (χ1) is 13.9. The molecule has 0 fully saturated rings. The van der Waals surface area contributed by atoms with Crippen molar-refractivity contribution in [1.29, 1.82) is 0 Å². The van der Waals surface area contributed by atoms with Crippen molar-refractivity contribution in [2.75, 3.05) is 5.32 Å². The largest absolute Gasteiger partial charge is 0.300 e. The lowest BCUT2D eigenvalue weighted by atomic mass is 10.1. The minimum atomic E-state index is -1.06. The number of carbonyl (C=O) groups excluding carboxylic acids is 3. The molecule has 0 spiro atoms. The van der Waals surface area contributed by atoms with Crippen molar-refractivity contribution >= 4 is 34.2 Å². The fourth-order valence-electron chi connectivity index (χ4n) is 3.01. The highest BCUT2D eigenvalue weighted by Crippen LogP contribution is 2.28. The van der Waals surface area contributed by atoms with E-state index in [1.165, 1.54) is 25.1 Å². The number of aromatic nitrogens is 1. The molecular weight excluding hydrogens is 400 g/mol. The van der Waals surface area contributed by atoms with Gasteiger partial charge in [0.2, 0.25) is 5.91 Å². The molecule has 1 atom stereocenters. The number of nitrogens with one attached hydrogen (secondary N) is 1. The minimum Gasteiger partial charge on any atom is -0.300 e. The van der Waals surface area contributed by atoms with E-state index in [-0.39, 0.29) is 16.3 Å². The van der Waals surface area contributed by atoms with Gasteiger partial charge in [-0.25, -0.2) is 13.8 Å². The second kappa shape index (κ2) is 7.17. The average molecular weight is 413 g/mol. The summed E-state index contributed by atoms with van der Waals surface area (Å²) in [6.07, 6.45) is 0. The number of thiazole rings is 1. The summed E-state index contributed by atoms with van der Waals surface area (Å²) >= 11 is 1.08. The summed E-state index contributed by atoms with van der Waals surface area (Å²) in [5.74, 6) is -3.62. The van der Waals surface area contributed by atoms with Crippen molar-refractivity contribution in [1.82, 2.24) is 9.88 Å². The van der Waals surface area contributed by atoms with Crippen molar-refractivity contribution in [3.05, 3.63) is 70.6 Å². The van der Waals surface area contributed by atoms with E-state index in [2.05, 4.69) is 10.3 Å². The quantitative estimate of drug-likeness (QED) is 0.662. The van der Waals surface area contributed by atoms with Gasteiger partial charge in [0, 0.05) is 10.9 Å². The molecule has 1 N–H and O–H groups in total. The Hall–Kier alpha value is -3.46. The SMILES string of the molecule is CC(C(=O)Nc1nc(-c2ccc(F)c(F)c2)cs1)N1C(=O)c2ccccc2C1=O. The standard InChI is InChI=1S/C20H13F2N3O3S/c1-10(25-18(27)12-4-2-3-5-13(12)19(25)28)17(26)24-20-23-16(9-29-20)11-6-7-14(21)15(22)8-11/h2-10H,1H3,(H,23,24,26). The van der Waals surface area contributed by atoms with Crippen LogP contribution in [-0.2, 0) is 4.79 Å². The first-order valence-corrected chi connectivity index (χ1v) is 9.43. The molecule has 0 saturated heterocycles. The Morgan fingerprint density at radius 3 is 2.34 bits per heavy atom. The zero-order valence-electron chi connectivity index (χ0n) is 15.0. The van der Waals surface area contributed by atoms with E-state index in [1.54, 1.807) is 17.5 Å². The number of nitrogens with zero attached hydrogens (tertiary/aromatic N) is 2. The van der Waals surface area contributed by atoms with Crippen LogP contribution in [0.5, 0.6) is 0 Å². The van der Waals surface area contributed by atoms with Crippen LogP contribution < -0.4 is 5.32 Å². The lowest BCUT2D eigenvalue weighted by molar-refractivity contribution is -0.119. The molecule has 3 amide bonds. The molecule has 0 saturated carbocycles. The summed E-state index contributed by atoms with van der Waals surface area (Å²) in [6.45, 7) is 1.45. The molecule has 2 aromatic carbocycles. The Bertz CT molecular complexity index is 1130. The van der Waals surface area contributed by atoms with Gasteiger partial charge >= 0.3 is 0 Å². The summed E-state index contributed by atoms with van der Waals surface area (Å²) in [5, 5.41) is 4.34. The maximum atomic E-state index is 13.4. The van der Waals surface area contributed by atoms with Crippen LogP contribution in [0.25, 0.3) is 11.3 Å². The van der Waals surface area contributed by atoms with E-state index in [4.69, 9.17) is 0 Å². The predicted molar refractivity (Wildman–Crippen MR) is 102 cm³/mol. The molecule has 6 nitrogen and oxygen atoms in total. The number of fused-ring (bicyclic) bond motifs is 1. The topological polar surface area (TPSA) is 79.4 Å². The summed E-state index contributed by atoms with van der Waals surface area (Å²) in [4.78, 5) is 42.7. The highest BCUT2D eigenvalue weighted by molar-refractivity contribution is 7.14. The normalized spacial score (nSPS) is 14.1. The number of benzene rings is 2. The zero-order valence-corrected chi connectivity index (χ0v) is 15.8. The first kappa shape index (κ1) is 18.9. The summed E-state index contributed by atoms with van der Waals surface area (Å²) < 4.78 is 26.5. The number of hydrogen-bond donors (Lipinski definition) is 1. The molecule has 1 aliphatic heterocycles. The summed E-state index contributed by atoms with van der Waals surface area (Å²) in [5.41, 5.74) is 1.23. The monoisotopic (exact) mass is 413 g/mol. The molecule has 1 unspecified atom stereocenters. The van der Waals surface area contributed by atoms with Gasteiger partial charge in [-0.15, -0.1) is 11.3 Å². The van der Waals surface area contributed by atoms with E-state index >= 15 is 0 Å². The molecule has 1 aromatic heterocycles. The number of rotatable bonds is 4. The third kappa shape index (κ3) is 3.29. The predicted octanol–water partition coefficient (Wildman–Crippen LogP) is 3.71. The van der Waals surface area contributed by atoms with Crippen LogP contribution in [0, 0.1) is 11.6 Å². The Balaban J connectivity index is 1.50. The Kier molecular flexibility index (Phi) is 4.67. The number of amides is 3. The first-order valence-electron chi connectivity index (χ1n) is 8.55. The second-order valence-electron chi connectivity index (χ2n) is 6.36. The number of anilines is 1. The van der Waals surface area contributed by atoms with Crippen LogP contribution in [0.1, 0.15) is 27.6 Å². The molecule has 9 heteroatoms. The van der Waals surface area contributed by atoms with Gasteiger partial charge in [0.15, 0.2) is 16.8 Å². The van der Waals surface area contributed by atoms with Gasteiger partial charge in [-0.05, 0) is 37.3 Å². The van der Waals surface area contributed by atoms with E-state index in [0.717, 1.165) is 28.4 Å². The van der Waals surface area contributed by atoms with Gasteiger partial charge in [0.1, 0.15) is 6.04 Å². The van der Waals surface area contributed by atoms with Gasteiger partial charge in [-0.3, -0.25) is 19.3 Å². The number of carbonyl (C=O) groups is 3. The Morgan fingerprint density at radius 1 is 1.07 bits per heavy atom. The number of imide groups is 1. The van der Waals surface area contributed by atoms with Crippen LogP contribution in [0.2, 0.25) is 0 Å². The van der Waals surface area contributed by atoms with Gasteiger partial charge in [-0.1, -0.05) is 12.1 Å². The molecule has 4 rings (SSSR count). The van der Waals surface area contributed by atoms with Gasteiger partial charge < -0.3 is 5.32 Å². The highest BCUT2D eigenvalue weighted by atomic mass is 32.1. The summed E-state index contributed by atoms with van der Waals surface area (Å²) in [7, 11) is 0. The lowest BCUT2D eigenvalue weighted by Crippen LogP contribution is -2.45. The van der Waals surface area contributed by atoms with Crippen LogP contribution in [0.4, 0.5) is 13.9 Å². The van der Waals surface area contributed by atoms with E-state index in [9.17, 15) is 23.2 Å². The molecule has 0 bridgehead atoms. The zero-order chi connectivity index (χ0) is 20.7. The van der Waals surface area contributed by atoms with Gasteiger partial charge in [-0.2, -0.15) is 0 Å². The van der Waals surface area contributed by atoms with Gasteiger partial charge in [0.25, 0.3) is 11.8 Å². The average Bonchev–Trinajstić information content (AvgIpc) is 3.27. The maximum absolute atomic E-state index is 13.4. The molecular formula is C20H13F2N3O3S. The number of halogens is 2. The highest BCUT2D eigenvalue weighted by Gasteiger charge is 2.40. The van der Waals surface area contributed by atoms with Crippen molar-refractivity contribution in [2.24, 2.45) is 0 Å². The smallest absolute Gasteiger partial charge is 0.262 e. The van der Waals surface area contributed by atoms with Crippen LogP contribution in [0.3, 0.4) is 0 Å². The van der Waals surface area contributed by atoms with E-state index < -0.39 is 35.4 Å². The molecule has 0 aliphatic carbocycles. The molecule has 2 heterocycles. The number of hydrogen-bond acceptors (Lipinski definition) is 5. The fourth-order valence-corrected chi connectivity index (χ4v) is 3.73. The maximum Gasteiger partial charge on any atom is 0.262 e. The van der Waals surface area contributed by atoms with Crippen LogP contribution in [-0.4, -0.2) is 33.6 Å². The third-order valence-corrected chi connectivity index (χ3v) is 5.30. The van der Waals surface area contributed by atoms with Crippen molar-refractivity contribution in [3.8, 4) is 11.3 Å². The lowest BCUT2D eigenvalue weighted by Gasteiger charge is -2.21. The van der Waals surface area contributed by atoms with Crippen molar-refractivity contribution < 1.29 is 23.2 Å². The van der Waals surface area contributed by atoms with Gasteiger partial charge in [0.05, 0.1) is 16.8 Å². The minimum absolute atomic E-state index is 0.207. The Morgan fingerprint density at radius 2 is 1.72 bits per heavy atom. The summed E-state index contributed by atoms with van der Waals surface area (Å²) in [6, 6.07) is 8.69.